The number of phenolic OH excluding ortho intramolecular Hbond substituents is 1. The number of hydrogen-bond donors (Lipinski definition) is 4. The van der Waals surface area contributed by atoms with Gasteiger partial charge in [-0.1, -0.05) is 11.8 Å². The third kappa shape index (κ3) is 3.53. The van der Waals surface area contributed by atoms with Crippen molar-refractivity contribution in [3.05, 3.63) is 35.7 Å². The van der Waals surface area contributed by atoms with Gasteiger partial charge < -0.3 is 20.9 Å². The van der Waals surface area contributed by atoms with Gasteiger partial charge in [0.2, 0.25) is 0 Å². The zero-order valence-corrected chi connectivity index (χ0v) is 13.6. The van der Waals surface area contributed by atoms with Crippen molar-refractivity contribution >= 4 is 40.5 Å². The van der Waals surface area contributed by atoms with Crippen molar-refractivity contribution in [2.45, 2.75) is 11.6 Å². The molecule has 0 bridgehead atoms. The molecule has 10 heteroatoms. The number of nitrogens with two attached hydrogens (primary N) is 1. The molecular formula is C15H13N5O4S. The number of ketones is 1. The van der Waals surface area contributed by atoms with Gasteiger partial charge in [0.1, 0.15) is 17.6 Å². The SMILES string of the molecule is Nc1ncnc2nc(SCCC(=O)c3cc(C(=O)O)ccc3O)[nH]c12. The lowest BCUT2D eigenvalue weighted by Gasteiger charge is -2.04. The molecule has 0 fully saturated rings. The van der Waals surface area contributed by atoms with Crippen LogP contribution >= 0.6 is 11.8 Å². The maximum Gasteiger partial charge on any atom is 0.335 e. The number of nitrogens with one attached hydrogen (secondary N) is 1. The molecule has 2 aromatic heterocycles. The fraction of sp³-hybridized carbons (Fsp3) is 0.133. The molecule has 2 heterocycles. The number of aromatic hydroxyl groups is 1. The number of carbonyl (C=O) groups is 2. The first-order chi connectivity index (χ1) is 12.0. The number of aromatic carboxylic acids is 1. The van der Waals surface area contributed by atoms with Gasteiger partial charge in [0.15, 0.2) is 22.4 Å². The highest BCUT2D eigenvalue weighted by molar-refractivity contribution is 7.99. The summed E-state index contributed by atoms with van der Waals surface area (Å²) in [5, 5.41) is 19.3. The monoisotopic (exact) mass is 359 g/mol. The maximum atomic E-state index is 12.2. The van der Waals surface area contributed by atoms with Crippen LogP contribution in [0.25, 0.3) is 11.2 Å². The number of Topliss-reactive ketones (excluding diaryl/α,β-unsaturated/α-hetero) is 1. The first-order valence-corrected chi connectivity index (χ1v) is 8.12. The molecule has 0 amide bonds. The number of nitrogens with zero attached hydrogens (tertiary/aromatic N) is 3. The van der Waals surface area contributed by atoms with Crippen molar-refractivity contribution < 1.29 is 19.8 Å². The molecule has 0 unspecified atom stereocenters. The fourth-order valence-electron chi connectivity index (χ4n) is 2.16. The van der Waals surface area contributed by atoms with Crippen LogP contribution in [0.2, 0.25) is 0 Å². The summed E-state index contributed by atoms with van der Waals surface area (Å²) in [6.45, 7) is 0. The van der Waals surface area contributed by atoms with Crippen LogP contribution < -0.4 is 5.73 Å². The number of carbonyl (C=O) groups excluding carboxylic acids is 1. The van der Waals surface area contributed by atoms with Crippen LogP contribution in [0.1, 0.15) is 27.1 Å². The van der Waals surface area contributed by atoms with Crippen molar-refractivity contribution in [2.75, 3.05) is 11.5 Å². The number of rotatable bonds is 6. The number of H-pyrrole nitrogens is 1. The first-order valence-electron chi connectivity index (χ1n) is 7.14. The highest BCUT2D eigenvalue weighted by Crippen LogP contribution is 2.24. The Labute approximate surface area is 145 Å². The van der Waals surface area contributed by atoms with Gasteiger partial charge in [-0.05, 0) is 18.2 Å². The highest BCUT2D eigenvalue weighted by atomic mass is 32.2. The Balaban J connectivity index is 1.67. The molecule has 0 saturated carbocycles. The normalized spacial score (nSPS) is 10.9. The molecule has 0 spiro atoms. The van der Waals surface area contributed by atoms with E-state index in [1.54, 1.807) is 0 Å². The van der Waals surface area contributed by atoms with Crippen LogP contribution in [-0.2, 0) is 0 Å². The Morgan fingerprint density at radius 1 is 1.28 bits per heavy atom. The summed E-state index contributed by atoms with van der Waals surface area (Å²) in [5.41, 5.74) is 6.62. The molecule has 128 valence electrons. The summed E-state index contributed by atoms with van der Waals surface area (Å²) in [5.74, 6) is -1.10. The lowest BCUT2D eigenvalue weighted by molar-refractivity contribution is 0.0697. The minimum absolute atomic E-state index is 0.0137. The molecule has 3 rings (SSSR count). The van der Waals surface area contributed by atoms with E-state index in [1.165, 1.54) is 36.3 Å². The van der Waals surface area contributed by atoms with E-state index in [0.717, 1.165) is 0 Å². The smallest absolute Gasteiger partial charge is 0.335 e. The minimum atomic E-state index is -1.16. The van der Waals surface area contributed by atoms with Crippen molar-refractivity contribution in [3.63, 3.8) is 0 Å². The Hall–Kier alpha value is -3.14. The predicted molar refractivity (Wildman–Crippen MR) is 90.8 cm³/mol. The summed E-state index contributed by atoms with van der Waals surface area (Å²) < 4.78 is 0. The molecular weight excluding hydrogens is 346 g/mol. The van der Waals surface area contributed by atoms with Gasteiger partial charge in [-0.25, -0.2) is 19.7 Å². The average molecular weight is 359 g/mol. The molecule has 5 N–H and O–H groups in total. The van der Waals surface area contributed by atoms with Gasteiger partial charge in [0.25, 0.3) is 0 Å². The van der Waals surface area contributed by atoms with E-state index in [-0.39, 0.29) is 34.9 Å². The maximum absolute atomic E-state index is 12.2. The molecule has 1 aromatic carbocycles. The van der Waals surface area contributed by atoms with Crippen molar-refractivity contribution in [2.24, 2.45) is 0 Å². The van der Waals surface area contributed by atoms with Crippen LogP contribution in [0.15, 0.2) is 29.7 Å². The number of nitrogen functional groups attached to an aromatic ring is 1. The minimum Gasteiger partial charge on any atom is -0.507 e. The highest BCUT2D eigenvalue weighted by Gasteiger charge is 2.15. The van der Waals surface area contributed by atoms with E-state index in [0.29, 0.717) is 22.1 Å². The molecule has 0 atom stereocenters. The van der Waals surface area contributed by atoms with E-state index >= 15 is 0 Å². The molecule has 25 heavy (non-hydrogen) atoms. The molecule has 0 saturated heterocycles. The van der Waals surface area contributed by atoms with Gasteiger partial charge >= 0.3 is 5.97 Å². The number of fused-ring (bicyclic) bond motifs is 1. The van der Waals surface area contributed by atoms with E-state index in [2.05, 4.69) is 19.9 Å². The standard InChI is InChI=1S/C15H13N5O4S/c16-12-11-13(18-6-17-12)20-15(19-11)25-4-3-10(22)8-5-7(14(23)24)1-2-9(8)21/h1-2,5-6,21H,3-4H2,(H,23,24)(H3,16,17,18,19,20). The van der Waals surface area contributed by atoms with Gasteiger partial charge in [-0.2, -0.15) is 0 Å². The first kappa shape index (κ1) is 16.7. The van der Waals surface area contributed by atoms with Crippen LogP contribution in [0.5, 0.6) is 5.75 Å². The van der Waals surface area contributed by atoms with Gasteiger partial charge in [-0.15, -0.1) is 0 Å². The lowest BCUT2D eigenvalue weighted by Crippen LogP contribution is -2.04. The molecule has 9 nitrogen and oxygen atoms in total. The largest absolute Gasteiger partial charge is 0.507 e. The second-order valence-electron chi connectivity index (χ2n) is 5.06. The van der Waals surface area contributed by atoms with Crippen molar-refractivity contribution in [3.8, 4) is 5.75 Å². The number of benzene rings is 1. The van der Waals surface area contributed by atoms with Crippen LogP contribution in [-0.4, -0.2) is 47.7 Å². The number of aromatic amines is 1. The number of imidazole rings is 1. The van der Waals surface area contributed by atoms with Crippen molar-refractivity contribution in [1.29, 1.82) is 0 Å². The summed E-state index contributed by atoms with van der Waals surface area (Å²) in [4.78, 5) is 38.2. The van der Waals surface area contributed by atoms with E-state index in [9.17, 15) is 14.7 Å². The third-order valence-corrected chi connectivity index (χ3v) is 4.28. The van der Waals surface area contributed by atoms with Crippen LogP contribution in [0.4, 0.5) is 5.82 Å². The number of thioether (sulfide) groups is 1. The molecule has 0 aliphatic carbocycles. The Morgan fingerprint density at radius 3 is 2.80 bits per heavy atom. The van der Waals surface area contributed by atoms with E-state index in [1.807, 2.05) is 0 Å². The van der Waals surface area contributed by atoms with Gasteiger partial charge in [0, 0.05) is 12.2 Å². The Morgan fingerprint density at radius 2 is 2.08 bits per heavy atom. The zero-order chi connectivity index (χ0) is 18.0. The number of carboxylic acid groups (broad SMARTS) is 1. The molecule has 3 aromatic rings. The summed E-state index contributed by atoms with van der Waals surface area (Å²) in [6.07, 6.45) is 1.41. The fourth-order valence-corrected chi connectivity index (χ4v) is 2.97. The molecule has 0 radical (unpaired) electrons. The quantitative estimate of drug-likeness (QED) is 0.380. The third-order valence-electron chi connectivity index (χ3n) is 3.41. The van der Waals surface area contributed by atoms with E-state index in [4.69, 9.17) is 10.8 Å². The second-order valence-corrected chi connectivity index (χ2v) is 6.14. The number of aromatic nitrogens is 4. The van der Waals surface area contributed by atoms with E-state index < -0.39 is 5.97 Å². The number of hydrogen-bond acceptors (Lipinski definition) is 8. The zero-order valence-electron chi connectivity index (χ0n) is 12.8. The summed E-state index contributed by atoms with van der Waals surface area (Å²) >= 11 is 1.29. The second kappa shape index (κ2) is 6.77. The topological polar surface area (TPSA) is 155 Å². The van der Waals surface area contributed by atoms with Gasteiger partial charge in [-0.3, -0.25) is 4.79 Å². The number of phenols is 1. The van der Waals surface area contributed by atoms with Crippen LogP contribution in [0.3, 0.4) is 0 Å². The molecule has 0 aliphatic rings. The number of anilines is 1. The van der Waals surface area contributed by atoms with Crippen molar-refractivity contribution in [1.82, 2.24) is 19.9 Å². The lowest BCUT2D eigenvalue weighted by atomic mass is 10.0. The van der Waals surface area contributed by atoms with Crippen LogP contribution in [0, 0.1) is 0 Å². The number of carboxylic acids is 1. The summed E-state index contributed by atoms with van der Waals surface area (Å²) in [7, 11) is 0. The molecule has 0 aliphatic heterocycles. The Kier molecular flexibility index (Phi) is 4.52. The average Bonchev–Trinajstić information content (AvgIpc) is 2.99. The summed E-state index contributed by atoms with van der Waals surface area (Å²) in [6, 6.07) is 3.61. The predicted octanol–water partition coefficient (Wildman–Crippen LogP) is 1.70. The van der Waals surface area contributed by atoms with Gasteiger partial charge in [0.05, 0.1) is 11.1 Å². The Bertz CT molecular complexity index is 972.